The molecule has 1 amide bonds. The first-order valence-corrected chi connectivity index (χ1v) is 12.0. The van der Waals surface area contributed by atoms with Crippen LogP contribution in [0, 0.1) is 0 Å². The van der Waals surface area contributed by atoms with E-state index >= 15 is 0 Å². The summed E-state index contributed by atoms with van der Waals surface area (Å²) in [5.41, 5.74) is 3.62. The average molecular weight is 429 g/mol. The molecule has 6 nitrogen and oxygen atoms in total. The SMILES string of the molecule is COc1ccc(C(=O)Nc2ccc3c(c2)CCC3)cc1S(=O)(=O)N1CCCC[C@H]1C. The van der Waals surface area contributed by atoms with Gasteiger partial charge in [0.2, 0.25) is 10.0 Å². The van der Waals surface area contributed by atoms with Crippen molar-refractivity contribution in [1.29, 1.82) is 0 Å². The van der Waals surface area contributed by atoms with Crippen molar-refractivity contribution in [3.63, 3.8) is 0 Å². The number of piperidine rings is 1. The monoisotopic (exact) mass is 428 g/mol. The summed E-state index contributed by atoms with van der Waals surface area (Å²) in [6.45, 7) is 2.41. The maximum absolute atomic E-state index is 13.4. The number of amides is 1. The highest BCUT2D eigenvalue weighted by atomic mass is 32.2. The number of rotatable bonds is 5. The molecule has 4 rings (SSSR count). The quantitative estimate of drug-likeness (QED) is 0.781. The molecule has 1 atom stereocenters. The molecule has 1 saturated heterocycles. The van der Waals surface area contributed by atoms with E-state index in [9.17, 15) is 13.2 Å². The third-order valence-corrected chi connectivity index (χ3v) is 8.15. The smallest absolute Gasteiger partial charge is 0.255 e. The second kappa shape index (κ2) is 8.40. The number of benzene rings is 2. The van der Waals surface area contributed by atoms with Gasteiger partial charge < -0.3 is 10.1 Å². The summed E-state index contributed by atoms with van der Waals surface area (Å²) in [6.07, 6.45) is 5.94. The first kappa shape index (κ1) is 20.9. The molecule has 1 fully saturated rings. The van der Waals surface area contributed by atoms with E-state index in [1.807, 2.05) is 19.1 Å². The van der Waals surface area contributed by atoms with Gasteiger partial charge >= 0.3 is 0 Å². The van der Waals surface area contributed by atoms with Crippen molar-refractivity contribution >= 4 is 21.6 Å². The second-order valence-electron chi connectivity index (χ2n) is 8.12. The van der Waals surface area contributed by atoms with Crippen LogP contribution >= 0.6 is 0 Å². The molecular weight excluding hydrogens is 400 g/mol. The van der Waals surface area contributed by atoms with E-state index in [2.05, 4.69) is 11.4 Å². The first-order valence-electron chi connectivity index (χ1n) is 10.5. The minimum Gasteiger partial charge on any atom is -0.495 e. The zero-order valence-corrected chi connectivity index (χ0v) is 18.3. The van der Waals surface area contributed by atoms with Crippen LogP contribution in [-0.2, 0) is 22.9 Å². The van der Waals surface area contributed by atoms with Gasteiger partial charge in [-0.2, -0.15) is 4.31 Å². The van der Waals surface area contributed by atoms with Gasteiger partial charge in [0.1, 0.15) is 10.6 Å². The Morgan fingerprint density at radius 1 is 1.07 bits per heavy atom. The van der Waals surface area contributed by atoms with Crippen molar-refractivity contribution in [3.05, 3.63) is 53.1 Å². The van der Waals surface area contributed by atoms with Gasteiger partial charge in [-0.05, 0) is 80.5 Å². The van der Waals surface area contributed by atoms with Gasteiger partial charge in [-0.3, -0.25) is 4.79 Å². The van der Waals surface area contributed by atoms with Gasteiger partial charge in [-0.1, -0.05) is 12.5 Å². The Labute approximate surface area is 178 Å². The molecule has 0 bridgehead atoms. The van der Waals surface area contributed by atoms with Gasteiger partial charge in [0.25, 0.3) is 5.91 Å². The van der Waals surface area contributed by atoms with E-state index in [-0.39, 0.29) is 22.6 Å². The number of sulfonamides is 1. The van der Waals surface area contributed by atoms with Crippen molar-refractivity contribution in [3.8, 4) is 5.75 Å². The highest BCUT2D eigenvalue weighted by molar-refractivity contribution is 7.89. The van der Waals surface area contributed by atoms with E-state index in [4.69, 9.17) is 4.74 Å². The summed E-state index contributed by atoms with van der Waals surface area (Å²) in [5.74, 6) is -0.0828. The van der Waals surface area contributed by atoms with Gasteiger partial charge in [-0.25, -0.2) is 8.42 Å². The standard InChI is InChI=1S/C23H28N2O4S/c1-16-6-3-4-13-25(16)30(27,28)22-15-19(10-12-21(22)29-2)23(26)24-20-11-9-17-7-5-8-18(17)14-20/h9-12,14-16H,3-8,13H2,1-2H3,(H,24,26)/t16-/m1/s1. The van der Waals surface area contributed by atoms with E-state index in [0.717, 1.165) is 44.2 Å². The van der Waals surface area contributed by atoms with E-state index in [0.29, 0.717) is 12.1 Å². The predicted molar refractivity (Wildman–Crippen MR) is 117 cm³/mol. The van der Waals surface area contributed by atoms with Crippen molar-refractivity contribution in [2.45, 2.75) is 56.4 Å². The maximum atomic E-state index is 13.4. The molecule has 2 aliphatic rings. The maximum Gasteiger partial charge on any atom is 0.255 e. The van der Waals surface area contributed by atoms with Crippen LogP contribution in [0.15, 0.2) is 41.3 Å². The van der Waals surface area contributed by atoms with Crippen LogP contribution in [0.5, 0.6) is 5.75 Å². The average Bonchev–Trinajstić information content (AvgIpc) is 3.21. The fourth-order valence-corrected chi connectivity index (χ4v) is 6.31. The molecule has 1 N–H and O–H groups in total. The van der Waals surface area contributed by atoms with Gasteiger partial charge in [-0.15, -0.1) is 0 Å². The molecule has 7 heteroatoms. The number of anilines is 1. The second-order valence-corrected chi connectivity index (χ2v) is 9.98. The zero-order valence-electron chi connectivity index (χ0n) is 17.5. The van der Waals surface area contributed by atoms with Crippen LogP contribution < -0.4 is 10.1 Å². The van der Waals surface area contributed by atoms with Gasteiger partial charge in [0.15, 0.2) is 0 Å². The number of nitrogens with one attached hydrogen (secondary N) is 1. The molecule has 30 heavy (non-hydrogen) atoms. The van der Waals surface area contributed by atoms with Crippen molar-refractivity contribution < 1.29 is 17.9 Å². The molecule has 0 spiro atoms. The number of methoxy groups -OCH3 is 1. The molecule has 0 radical (unpaired) electrons. The Morgan fingerprint density at radius 3 is 2.63 bits per heavy atom. The van der Waals surface area contributed by atoms with Crippen LogP contribution in [0.2, 0.25) is 0 Å². The zero-order chi connectivity index (χ0) is 21.3. The fraction of sp³-hybridized carbons (Fsp3) is 0.435. The summed E-state index contributed by atoms with van der Waals surface area (Å²) in [7, 11) is -2.32. The Kier molecular flexibility index (Phi) is 5.84. The van der Waals surface area contributed by atoms with Gasteiger partial charge in [0, 0.05) is 23.8 Å². The minimum atomic E-state index is -3.76. The third-order valence-electron chi connectivity index (χ3n) is 6.11. The molecule has 160 valence electrons. The Morgan fingerprint density at radius 2 is 1.87 bits per heavy atom. The number of hydrogen-bond acceptors (Lipinski definition) is 4. The van der Waals surface area contributed by atoms with Crippen molar-refractivity contribution in [2.24, 2.45) is 0 Å². The number of fused-ring (bicyclic) bond motifs is 1. The Balaban J connectivity index is 1.63. The molecular formula is C23H28N2O4S. The number of ether oxygens (including phenoxy) is 1. The van der Waals surface area contributed by atoms with E-state index < -0.39 is 10.0 Å². The molecule has 2 aromatic carbocycles. The lowest BCUT2D eigenvalue weighted by atomic mass is 10.1. The first-order chi connectivity index (χ1) is 14.4. The third kappa shape index (κ3) is 3.96. The summed E-state index contributed by atoms with van der Waals surface area (Å²) in [6, 6.07) is 10.5. The highest BCUT2D eigenvalue weighted by Crippen LogP contribution is 2.32. The Bertz CT molecular complexity index is 1060. The van der Waals surface area contributed by atoms with E-state index in [1.54, 1.807) is 12.1 Å². The molecule has 1 heterocycles. The predicted octanol–water partition coefficient (Wildman–Crippen LogP) is 4.00. The van der Waals surface area contributed by atoms with E-state index in [1.165, 1.54) is 28.6 Å². The van der Waals surface area contributed by atoms with Crippen LogP contribution in [0.4, 0.5) is 5.69 Å². The minimum absolute atomic E-state index is 0.0420. The van der Waals surface area contributed by atoms with Crippen LogP contribution in [0.25, 0.3) is 0 Å². The molecule has 0 unspecified atom stereocenters. The lowest BCUT2D eigenvalue weighted by Crippen LogP contribution is -2.42. The summed E-state index contributed by atoms with van der Waals surface area (Å²) in [4.78, 5) is 12.9. The number of hydrogen-bond donors (Lipinski definition) is 1. The van der Waals surface area contributed by atoms with Gasteiger partial charge in [0.05, 0.1) is 7.11 Å². The summed E-state index contributed by atoms with van der Waals surface area (Å²) < 4.78 is 33.6. The van der Waals surface area contributed by atoms with Crippen molar-refractivity contribution in [2.75, 3.05) is 19.0 Å². The Hall–Kier alpha value is -2.38. The topological polar surface area (TPSA) is 75.7 Å². The lowest BCUT2D eigenvalue weighted by molar-refractivity contribution is 0.102. The molecule has 0 saturated carbocycles. The molecule has 2 aromatic rings. The highest BCUT2D eigenvalue weighted by Gasteiger charge is 2.33. The van der Waals surface area contributed by atoms with Crippen molar-refractivity contribution in [1.82, 2.24) is 4.31 Å². The largest absolute Gasteiger partial charge is 0.495 e. The number of nitrogens with zero attached hydrogens (tertiary/aromatic N) is 1. The number of aryl methyl sites for hydroxylation is 2. The van der Waals surface area contributed by atoms with Crippen LogP contribution in [-0.4, -0.2) is 38.3 Å². The number of carbonyl (C=O) groups is 1. The molecule has 0 aromatic heterocycles. The lowest BCUT2D eigenvalue weighted by Gasteiger charge is -2.32. The number of carbonyl (C=O) groups excluding carboxylic acids is 1. The van der Waals surface area contributed by atoms with Crippen LogP contribution in [0.3, 0.4) is 0 Å². The van der Waals surface area contributed by atoms with Crippen LogP contribution in [0.1, 0.15) is 54.1 Å². The molecule has 1 aliphatic heterocycles. The summed E-state index contributed by atoms with van der Waals surface area (Å²) >= 11 is 0. The molecule has 1 aliphatic carbocycles. The fourth-order valence-electron chi connectivity index (χ4n) is 4.43. The summed E-state index contributed by atoms with van der Waals surface area (Å²) in [5, 5.41) is 2.90. The normalized spacial score (nSPS) is 19.3.